The molecule has 0 amide bonds. The Balaban J connectivity index is 1.63. The van der Waals surface area contributed by atoms with Gasteiger partial charge in [0.05, 0.1) is 22.8 Å². The number of aromatic nitrogens is 4. The molecule has 0 saturated carbocycles. The largest absolute Gasteiger partial charge is 0.355 e. The molecule has 2 N–H and O–H groups in total. The monoisotopic (exact) mass is 512 g/mol. The first-order valence-electron chi connectivity index (χ1n) is 10.0. The van der Waals surface area contributed by atoms with Crippen molar-refractivity contribution >= 4 is 68.5 Å². The molecular weight excluding hydrogens is 495 g/mol. The zero-order valence-electron chi connectivity index (χ0n) is 16.4. The molecule has 5 heterocycles. The van der Waals surface area contributed by atoms with Crippen LogP contribution in [0, 0.1) is 3.57 Å². The summed E-state index contributed by atoms with van der Waals surface area (Å²) in [6, 6.07) is 25.1. The van der Waals surface area contributed by atoms with Gasteiger partial charge in [-0.05, 0) is 107 Å². The van der Waals surface area contributed by atoms with Crippen LogP contribution < -0.4 is 0 Å². The smallest absolute Gasteiger partial charge is 0.0736 e. The molecule has 8 bridgehead atoms. The molecule has 1 aromatic carbocycles. The summed E-state index contributed by atoms with van der Waals surface area (Å²) in [5.74, 6) is 0. The van der Waals surface area contributed by atoms with Crippen LogP contribution in [0.5, 0.6) is 0 Å². The number of fused-ring (bicyclic) bond motifs is 8. The van der Waals surface area contributed by atoms with E-state index in [2.05, 4.69) is 111 Å². The zero-order valence-corrected chi connectivity index (χ0v) is 18.6. The highest BCUT2D eigenvalue weighted by molar-refractivity contribution is 14.1. The van der Waals surface area contributed by atoms with Crippen molar-refractivity contribution in [3.05, 3.63) is 105 Å². The van der Waals surface area contributed by atoms with Crippen LogP contribution in [0.25, 0.3) is 45.9 Å². The van der Waals surface area contributed by atoms with Gasteiger partial charge in [-0.3, -0.25) is 0 Å². The summed E-state index contributed by atoms with van der Waals surface area (Å²) in [4.78, 5) is 16.5. The van der Waals surface area contributed by atoms with Crippen LogP contribution in [0.2, 0.25) is 0 Å². The minimum Gasteiger partial charge on any atom is -0.355 e. The Labute approximate surface area is 192 Å². The van der Waals surface area contributed by atoms with E-state index in [1.807, 2.05) is 12.2 Å². The first kappa shape index (κ1) is 18.3. The Kier molecular flexibility index (Phi) is 4.35. The molecular formula is C26H17IN4. The fraction of sp³-hybridized carbons (Fsp3) is 0. The van der Waals surface area contributed by atoms with Gasteiger partial charge >= 0.3 is 0 Å². The normalized spacial score (nSPS) is 12.7. The van der Waals surface area contributed by atoms with E-state index in [0.29, 0.717) is 0 Å². The van der Waals surface area contributed by atoms with Crippen molar-refractivity contribution in [2.45, 2.75) is 0 Å². The number of nitrogens with one attached hydrogen (secondary N) is 2. The summed E-state index contributed by atoms with van der Waals surface area (Å²) >= 11 is 2.33. The molecule has 2 aliphatic heterocycles. The standard InChI is InChI=1S/C26H17IN4/c27-17-3-1-16(2-4-17)25-14-24-13-22-8-7-20(29-22)11-18-5-6-19(28-18)12-21-9-10-23(30-21)15-26(25)31-24/h1-15,29-30H. The van der Waals surface area contributed by atoms with E-state index >= 15 is 0 Å². The minimum atomic E-state index is 0.923. The van der Waals surface area contributed by atoms with Crippen LogP contribution in [0.3, 0.4) is 0 Å². The molecule has 31 heavy (non-hydrogen) atoms. The van der Waals surface area contributed by atoms with Crippen molar-refractivity contribution in [2.75, 3.05) is 0 Å². The van der Waals surface area contributed by atoms with Crippen LogP contribution >= 0.6 is 22.6 Å². The lowest BCUT2D eigenvalue weighted by molar-refractivity contribution is 1.30. The number of halogens is 1. The zero-order chi connectivity index (χ0) is 20.8. The van der Waals surface area contributed by atoms with Gasteiger partial charge in [-0.1, -0.05) is 12.1 Å². The summed E-state index contributed by atoms with van der Waals surface area (Å²) in [6.45, 7) is 0. The van der Waals surface area contributed by atoms with Crippen molar-refractivity contribution < 1.29 is 0 Å². The molecule has 5 heteroatoms. The molecule has 0 spiro atoms. The van der Waals surface area contributed by atoms with Crippen LogP contribution in [-0.4, -0.2) is 19.9 Å². The number of rotatable bonds is 1. The number of nitrogens with zero attached hydrogens (tertiary/aromatic N) is 2. The van der Waals surface area contributed by atoms with Gasteiger partial charge in [0.2, 0.25) is 0 Å². The third-order valence-corrected chi connectivity index (χ3v) is 6.04. The van der Waals surface area contributed by atoms with E-state index in [1.165, 1.54) is 3.57 Å². The summed E-state index contributed by atoms with van der Waals surface area (Å²) in [5, 5.41) is 0. The van der Waals surface area contributed by atoms with E-state index < -0.39 is 0 Å². The predicted molar refractivity (Wildman–Crippen MR) is 136 cm³/mol. The van der Waals surface area contributed by atoms with Gasteiger partial charge in [0.1, 0.15) is 0 Å². The van der Waals surface area contributed by atoms with E-state index in [-0.39, 0.29) is 0 Å². The minimum absolute atomic E-state index is 0.923. The molecule has 0 atom stereocenters. The van der Waals surface area contributed by atoms with Crippen molar-refractivity contribution in [2.24, 2.45) is 0 Å². The Morgan fingerprint density at radius 2 is 1.13 bits per heavy atom. The van der Waals surface area contributed by atoms with Gasteiger partial charge < -0.3 is 9.97 Å². The van der Waals surface area contributed by atoms with Crippen LogP contribution in [-0.2, 0) is 0 Å². The second-order valence-electron chi connectivity index (χ2n) is 7.60. The quantitative estimate of drug-likeness (QED) is 0.242. The van der Waals surface area contributed by atoms with Crippen molar-refractivity contribution in [1.82, 2.24) is 19.9 Å². The molecule has 0 radical (unpaired) electrons. The topological polar surface area (TPSA) is 57.4 Å². The maximum Gasteiger partial charge on any atom is 0.0736 e. The van der Waals surface area contributed by atoms with Crippen LogP contribution in [0.1, 0.15) is 28.3 Å². The van der Waals surface area contributed by atoms with Crippen molar-refractivity contribution in [3.63, 3.8) is 0 Å². The van der Waals surface area contributed by atoms with Crippen molar-refractivity contribution in [3.8, 4) is 0 Å². The molecule has 0 unspecified atom stereocenters. The Bertz CT molecular complexity index is 1540. The Morgan fingerprint density at radius 1 is 0.581 bits per heavy atom. The lowest BCUT2D eigenvalue weighted by atomic mass is 10.0. The Hall–Kier alpha value is -3.45. The van der Waals surface area contributed by atoms with E-state index in [1.54, 1.807) is 0 Å². The first-order chi connectivity index (χ1) is 15.2. The molecule has 0 fully saturated rings. The maximum atomic E-state index is 4.93. The van der Waals surface area contributed by atoms with Crippen LogP contribution in [0.4, 0.5) is 0 Å². The maximum absolute atomic E-state index is 4.93. The predicted octanol–water partition coefficient (Wildman–Crippen LogP) is 6.68. The number of benzene rings is 1. The fourth-order valence-corrected chi connectivity index (χ4v) is 4.23. The third-order valence-electron chi connectivity index (χ3n) is 5.32. The molecule has 4 nitrogen and oxygen atoms in total. The average molecular weight is 512 g/mol. The lowest BCUT2D eigenvalue weighted by Crippen LogP contribution is -1.85. The summed E-state index contributed by atoms with van der Waals surface area (Å²) < 4.78 is 1.22. The second-order valence-corrected chi connectivity index (χ2v) is 8.84. The molecule has 4 aromatic rings. The summed E-state index contributed by atoms with van der Waals surface area (Å²) in [5.41, 5.74) is 10.1. The van der Waals surface area contributed by atoms with Gasteiger partial charge in [-0.15, -0.1) is 0 Å². The molecule has 148 valence electrons. The molecule has 6 rings (SSSR count). The number of hydrogen-bond donors (Lipinski definition) is 2. The van der Waals surface area contributed by atoms with Gasteiger partial charge in [-0.2, -0.15) is 0 Å². The number of aromatic amines is 2. The molecule has 2 aliphatic rings. The lowest BCUT2D eigenvalue weighted by Gasteiger charge is -2.02. The summed E-state index contributed by atoms with van der Waals surface area (Å²) in [6.07, 6.45) is 6.21. The number of hydrogen-bond acceptors (Lipinski definition) is 2. The highest BCUT2D eigenvalue weighted by Crippen LogP contribution is 2.29. The molecule has 0 aliphatic carbocycles. The van der Waals surface area contributed by atoms with Gasteiger partial charge in [0.15, 0.2) is 0 Å². The van der Waals surface area contributed by atoms with E-state index in [4.69, 9.17) is 9.97 Å². The van der Waals surface area contributed by atoms with E-state index in [9.17, 15) is 0 Å². The molecule has 0 saturated heterocycles. The number of H-pyrrole nitrogens is 2. The van der Waals surface area contributed by atoms with Gasteiger partial charge in [0.25, 0.3) is 0 Å². The highest BCUT2D eigenvalue weighted by Gasteiger charge is 2.12. The van der Waals surface area contributed by atoms with Gasteiger partial charge in [-0.25, -0.2) is 9.97 Å². The average Bonchev–Trinajstić information content (AvgIpc) is 3.54. The van der Waals surface area contributed by atoms with Crippen LogP contribution in [0.15, 0.2) is 72.8 Å². The third kappa shape index (κ3) is 3.72. The fourth-order valence-electron chi connectivity index (χ4n) is 3.87. The molecule has 3 aromatic heterocycles. The highest BCUT2D eigenvalue weighted by atomic mass is 127. The van der Waals surface area contributed by atoms with Crippen molar-refractivity contribution in [1.29, 1.82) is 0 Å². The van der Waals surface area contributed by atoms with E-state index in [0.717, 1.165) is 56.0 Å². The van der Waals surface area contributed by atoms with Gasteiger partial charge in [0, 0.05) is 31.2 Å². The Morgan fingerprint density at radius 3 is 1.74 bits per heavy atom. The summed E-state index contributed by atoms with van der Waals surface area (Å²) in [7, 11) is 0. The second kappa shape index (κ2) is 7.35. The SMILES string of the molecule is Ic1ccc(C2=Cc3cc4ccc(cc5nc(cc6ccc(cc2n3)[nH]6)C=C5)[nH]4)cc1. The first-order valence-corrected chi connectivity index (χ1v) is 11.1.